The average Bonchev–Trinajstić information content (AvgIpc) is 2.45. The van der Waals surface area contributed by atoms with Gasteiger partial charge in [-0.05, 0) is 13.8 Å². The summed E-state index contributed by atoms with van der Waals surface area (Å²) in [7, 11) is 0. The molecule has 4 nitrogen and oxygen atoms in total. The second-order valence-corrected chi connectivity index (χ2v) is 3.97. The van der Waals surface area contributed by atoms with Crippen LogP contribution in [0.25, 0.3) is 0 Å². The molecular weight excluding hydrogens is 182 g/mol. The Morgan fingerprint density at radius 2 is 2.14 bits per heavy atom. The van der Waals surface area contributed by atoms with Gasteiger partial charge in [-0.1, -0.05) is 5.57 Å². The molecule has 1 fully saturated rings. The Morgan fingerprint density at radius 1 is 1.50 bits per heavy atom. The van der Waals surface area contributed by atoms with Crippen molar-refractivity contribution in [2.45, 2.75) is 20.0 Å². The third kappa shape index (κ3) is 2.56. The summed E-state index contributed by atoms with van der Waals surface area (Å²) < 4.78 is 0. The van der Waals surface area contributed by atoms with Crippen molar-refractivity contribution in [3.8, 4) is 0 Å². The van der Waals surface area contributed by atoms with Gasteiger partial charge in [0, 0.05) is 25.1 Å². The Morgan fingerprint density at radius 3 is 2.57 bits per heavy atom. The van der Waals surface area contributed by atoms with Gasteiger partial charge in [0.2, 0.25) is 5.91 Å². The number of hydrogen-bond donors (Lipinski definition) is 2. The fourth-order valence-electron chi connectivity index (χ4n) is 1.55. The molecule has 0 spiro atoms. The van der Waals surface area contributed by atoms with Gasteiger partial charge in [0.05, 0.1) is 12.7 Å². The van der Waals surface area contributed by atoms with Crippen LogP contribution in [0.15, 0.2) is 11.6 Å². The smallest absolute Gasteiger partial charge is 0.246 e. The summed E-state index contributed by atoms with van der Waals surface area (Å²) in [6.45, 7) is 4.41. The minimum Gasteiger partial charge on any atom is -0.396 e. The molecule has 1 rings (SSSR count). The van der Waals surface area contributed by atoms with Crippen molar-refractivity contribution in [1.82, 2.24) is 4.90 Å². The number of carbonyl (C=O) groups is 1. The summed E-state index contributed by atoms with van der Waals surface area (Å²) in [5.74, 6) is -0.274. The number of allylic oxidation sites excluding steroid dienone is 1. The molecule has 0 bridgehead atoms. The zero-order valence-corrected chi connectivity index (χ0v) is 8.60. The number of likely N-dealkylation sites (tertiary alicyclic amines) is 1. The van der Waals surface area contributed by atoms with Crippen LogP contribution in [0.2, 0.25) is 0 Å². The first-order valence-electron chi connectivity index (χ1n) is 4.77. The van der Waals surface area contributed by atoms with Crippen molar-refractivity contribution in [2.75, 3.05) is 19.7 Å². The molecule has 0 aromatic heterocycles. The van der Waals surface area contributed by atoms with E-state index in [2.05, 4.69) is 0 Å². The maximum absolute atomic E-state index is 11.5. The average molecular weight is 199 g/mol. The van der Waals surface area contributed by atoms with Crippen LogP contribution in [-0.2, 0) is 4.79 Å². The minimum absolute atomic E-state index is 0.0697. The highest BCUT2D eigenvalue weighted by Crippen LogP contribution is 2.16. The molecule has 2 N–H and O–H groups in total. The molecule has 1 saturated heterocycles. The second kappa shape index (κ2) is 4.57. The van der Waals surface area contributed by atoms with Gasteiger partial charge in [-0.25, -0.2) is 0 Å². The number of rotatable bonds is 2. The molecule has 0 aromatic rings. The van der Waals surface area contributed by atoms with E-state index in [1.54, 1.807) is 11.0 Å². The van der Waals surface area contributed by atoms with Crippen molar-refractivity contribution >= 4 is 5.91 Å². The highest BCUT2D eigenvalue weighted by molar-refractivity contribution is 5.88. The fourth-order valence-corrected chi connectivity index (χ4v) is 1.55. The molecule has 1 heterocycles. The Balaban J connectivity index is 2.57. The number of carbonyl (C=O) groups excluding carboxylic acids is 1. The fraction of sp³-hybridized carbons (Fsp3) is 0.700. The van der Waals surface area contributed by atoms with Crippen LogP contribution in [0.4, 0.5) is 0 Å². The van der Waals surface area contributed by atoms with Crippen LogP contribution in [0.5, 0.6) is 0 Å². The third-order valence-corrected chi connectivity index (χ3v) is 2.36. The van der Waals surface area contributed by atoms with E-state index in [0.717, 1.165) is 5.57 Å². The minimum atomic E-state index is -0.588. The van der Waals surface area contributed by atoms with Gasteiger partial charge in [-0.2, -0.15) is 0 Å². The van der Waals surface area contributed by atoms with Gasteiger partial charge in [0.15, 0.2) is 0 Å². The first kappa shape index (κ1) is 11.2. The van der Waals surface area contributed by atoms with E-state index in [4.69, 9.17) is 5.11 Å². The van der Waals surface area contributed by atoms with Crippen LogP contribution in [0.3, 0.4) is 0 Å². The standard InChI is InChI=1S/C10H17NO3/c1-7(2)3-10(14)11-4-8(6-12)9(13)5-11/h3,8-9,12-13H,4-6H2,1-2H3. The third-order valence-electron chi connectivity index (χ3n) is 2.36. The molecule has 2 unspecified atom stereocenters. The molecule has 4 heteroatoms. The highest BCUT2D eigenvalue weighted by atomic mass is 16.3. The van der Waals surface area contributed by atoms with Crippen molar-refractivity contribution in [1.29, 1.82) is 0 Å². The number of β-amino-alcohol motifs (C(OH)–C–C–N with tert-alkyl or cyclic N) is 1. The Hall–Kier alpha value is -0.870. The summed E-state index contributed by atoms with van der Waals surface area (Å²) in [5, 5.41) is 18.4. The summed E-state index contributed by atoms with van der Waals surface area (Å²) in [6, 6.07) is 0. The number of aliphatic hydroxyl groups excluding tert-OH is 2. The first-order chi connectivity index (χ1) is 6.54. The SMILES string of the molecule is CC(C)=CC(=O)N1CC(O)C(CO)C1. The largest absolute Gasteiger partial charge is 0.396 e. The summed E-state index contributed by atoms with van der Waals surface area (Å²) in [6.07, 6.45) is 0.960. The molecular formula is C10H17NO3. The molecule has 2 atom stereocenters. The van der Waals surface area contributed by atoms with Gasteiger partial charge < -0.3 is 15.1 Å². The maximum atomic E-state index is 11.5. The van der Waals surface area contributed by atoms with Crippen molar-refractivity contribution in [3.05, 3.63) is 11.6 Å². The lowest BCUT2D eigenvalue weighted by Gasteiger charge is -2.13. The van der Waals surface area contributed by atoms with Gasteiger partial charge in [-0.15, -0.1) is 0 Å². The molecule has 0 aromatic carbocycles. The van der Waals surface area contributed by atoms with Crippen molar-refractivity contribution in [2.24, 2.45) is 5.92 Å². The van der Waals surface area contributed by atoms with E-state index in [-0.39, 0.29) is 18.4 Å². The topological polar surface area (TPSA) is 60.8 Å². The molecule has 80 valence electrons. The zero-order valence-electron chi connectivity index (χ0n) is 8.60. The Bertz CT molecular complexity index is 246. The molecule has 0 saturated carbocycles. The molecule has 0 aliphatic carbocycles. The van der Waals surface area contributed by atoms with Crippen molar-refractivity contribution < 1.29 is 15.0 Å². The highest BCUT2D eigenvalue weighted by Gasteiger charge is 2.32. The predicted octanol–water partition coefficient (Wildman–Crippen LogP) is -0.236. The van der Waals surface area contributed by atoms with Gasteiger partial charge >= 0.3 is 0 Å². The molecule has 0 radical (unpaired) electrons. The summed E-state index contributed by atoms with van der Waals surface area (Å²) in [4.78, 5) is 13.1. The van der Waals surface area contributed by atoms with E-state index in [0.29, 0.717) is 13.1 Å². The van der Waals surface area contributed by atoms with Gasteiger partial charge in [0.1, 0.15) is 0 Å². The Labute approximate surface area is 83.8 Å². The monoisotopic (exact) mass is 199 g/mol. The number of nitrogens with zero attached hydrogens (tertiary/aromatic N) is 1. The van der Waals surface area contributed by atoms with Crippen LogP contribution in [-0.4, -0.2) is 46.8 Å². The normalized spacial score (nSPS) is 26.4. The summed E-state index contributed by atoms with van der Waals surface area (Å²) >= 11 is 0. The van der Waals surface area contributed by atoms with E-state index in [1.165, 1.54) is 0 Å². The van der Waals surface area contributed by atoms with Crippen LogP contribution in [0.1, 0.15) is 13.8 Å². The predicted molar refractivity (Wildman–Crippen MR) is 52.6 cm³/mol. The lowest BCUT2D eigenvalue weighted by atomic mass is 10.1. The summed E-state index contributed by atoms with van der Waals surface area (Å²) in [5.41, 5.74) is 0.942. The van der Waals surface area contributed by atoms with E-state index in [1.807, 2.05) is 13.8 Å². The van der Waals surface area contributed by atoms with Gasteiger partial charge in [0.25, 0.3) is 0 Å². The first-order valence-corrected chi connectivity index (χ1v) is 4.77. The van der Waals surface area contributed by atoms with Crippen LogP contribution < -0.4 is 0 Å². The number of aliphatic hydroxyl groups is 2. The Kier molecular flexibility index (Phi) is 3.66. The number of hydrogen-bond acceptors (Lipinski definition) is 3. The van der Waals surface area contributed by atoms with E-state index < -0.39 is 6.10 Å². The quantitative estimate of drug-likeness (QED) is 0.604. The molecule has 1 aliphatic rings. The van der Waals surface area contributed by atoms with Crippen molar-refractivity contribution in [3.63, 3.8) is 0 Å². The van der Waals surface area contributed by atoms with E-state index in [9.17, 15) is 9.90 Å². The molecule has 1 aliphatic heterocycles. The second-order valence-electron chi connectivity index (χ2n) is 3.97. The molecule has 1 amide bonds. The maximum Gasteiger partial charge on any atom is 0.246 e. The molecule has 14 heavy (non-hydrogen) atoms. The van der Waals surface area contributed by atoms with Crippen LogP contribution >= 0.6 is 0 Å². The van der Waals surface area contributed by atoms with E-state index >= 15 is 0 Å². The number of amides is 1. The van der Waals surface area contributed by atoms with Gasteiger partial charge in [-0.3, -0.25) is 4.79 Å². The lowest BCUT2D eigenvalue weighted by Crippen LogP contribution is -2.28. The zero-order chi connectivity index (χ0) is 10.7. The lowest BCUT2D eigenvalue weighted by molar-refractivity contribution is -0.125. The van der Waals surface area contributed by atoms with Crippen LogP contribution in [0, 0.1) is 5.92 Å².